The molecule has 3 rings (SSSR count). The molecule has 0 atom stereocenters. The Morgan fingerprint density at radius 3 is 2.42 bits per heavy atom. The van der Waals surface area contributed by atoms with E-state index >= 15 is 0 Å². The largest absolute Gasteiger partial charge is 0.495 e. The smallest absolute Gasteiger partial charge is 0.417 e. The van der Waals surface area contributed by atoms with Crippen molar-refractivity contribution in [3.05, 3.63) is 53.1 Å². The van der Waals surface area contributed by atoms with E-state index in [0.717, 1.165) is 12.1 Å². The van der Waals surface area contributed by atoms with Gasteiger partial charge in [0.15, 0.2) is 0 Å². The molecule has 1 aliphatic rings. The number of carbonyl (C=O) groups is 2. The van der Waals surface area contributed by atoms with E-state index in [1.165, 1.54) is 18.1 Å². The molecule has 0 aliphatic carbocycles. The summed E-state index contributed by atoms with van der Waals surface area (Å²) >= 11 is 5.60. The number of anilines is 2. The Labute approximate surface area is 182 Å². The van der Waals surface area contributed by atoms with Crippen molar-refractivity contribution in [3.63, 3.8) is 0 Å². The van der Waals surface area contributed by atoms with Gasteiger partial charge in [0, 0.05) is 24.7 Å². The van der Waals surface area contributed by atoms with Crippen molar-refractivity contribution in [1.29, 1.82) is 0 Å². The van der Waals surface area contributed by atoms with Gasteiger partial charge in [0.05, 0.1) is 23.4 Å². The lowest BCUT2D eigenvalue weighted by molar-refractivity contribution is -0.137. The maximum absolute atomic E-state index is 13.0. The number of methoxy groups -OCH3 is 1. The summed E-state index contributed by atoms with van der Waals surface area (Å²) in [6, 6.07) is 9.73. The Morgan fingerprint density at radius 2 is 1.77 bits per heavy atom. The van der Waals surface area contributed by atoms with Gasteiger partial charge in [-0.05, 0) is 43.2 Å². The van der Waals surface area contributed by atoms with Gasteiger partial charge in [-0.2, -0.15) is 13.2 Å². The monoisotopic (exact) mass is 455 g/mol. The predicted molar refractivity (Wildman–Crippen MR) is 111 cm³/mol. The van der Waals surface area contributed by atoms with Gasteiger partial charge in [-0.1, -0.05) is 23.7 Å². The topological polar surface area (TPSA) is 70.7 Å². The molecule has 31 heavy (non-hydrogen) atoms. The third-order valence-corrected chi connectivity index (χ3v) is 5.37. The third-order valence-electron chi connectivity index (χ3n) is 5.04. The highest BCUT2D eigenvalue weighted by molar-refractivity contribution is 6.31. The zero-order valence-electron chi connectivity index (χ0n) is 16.6. The molecule has 0 saturated carbocycles. The Bertz CT molecular complexity index is 960. The van der Waals surface area contributed by atoms with Crippen molar-refractivity contribution in [2.75, 3.05) is 30.8 Å². The van der Waals surface area contributed by atoms with Crippen molar-refractivity contribution in [2.24, 2.45) is 5.92 Å². The molecule has 10 heteroatoms. The molecule has 0 unspecified atom stereocenters. The fourth-order valence-electron chi connectivity index (χ4n) is 3.35. The summed E-state index contributed by atoms with van der Waals surface area (Å²) < 4.78 is 44.2. The van der Waals surface area contributed by atoms with Gasteiger partial charge >= 0.3 is 12.2 Å². The van der Waals surface area contributed by atoms with E-state index in [4.69, 9.17) is 16.3 Å². The number of likely N-dealkylation sites (tertiary alicyclic amines) is 1. The Hall–Kier alpha value is -2.94. The second-order valence-electron chi connectivity index (χ2n) is 7.07. The van der Waals surface area contributed by atoms with Crippen LogP contribution in [0.2, 0.25) is 5.02 Å². The Balaban J connectivity index is 1.56. The van der Waals surface area contributed by atoms with E-state index < -0.39 is 22.8 Å². The molecule has 1 heterocycles. The lowest BCUT2D eigenvalue weighted by Gasteiger charge is -2.31. The number of hydrogen-bond donors (Lipinski definition) is 2. The van der Waals surface area contributed by atoms with Crippen molar-refractivity contribution < 1.29 is 27.5 Å². The average molecular weight is 456 g/mol. The predicted octanol–water partition coefficient (Wildman–Crippen LogP) is 5.25. The number of nitrogens with zero attached hydrogens (tertiary/aromatic N) is 1. The van der Waals surface area contributed by atoms with Crippen LogP contribution in [0, 0.1) is 5.92 Å². The van der Waals surface area contributed by atoms with Crippen molar-refractivity contribution in [2.45, 2.75) is 19.0 Å². The van der Waals surface area contributed by atoms with Crippen LogP contribution in [0.5, 0.6) is 5.75 Å². The van der Waals surface area contributed by atoms with Crippen LogP contribution in [0.1, 0.15) is 18.4 Å². The van der Waals surface area contributed by atoms with E-state index in [2.05, 4.69) is 10.6 Å². The molecule has 0 spiro atoms. The van der Waals surface area contributed by atoms with Gasteiger partial charge in [0.25, 0.3) is 0 Å². The van der Waals surface area contributed by atoms with Crippen molar-refractivity contribution in [1.82, 2.24) is 4.90 Å². The molecule has 6 nitrogen and oxygen atoms in total. The zero-order valence-corrected chi connectivity index (χ0v) is 17.4. The zero-order chi connectivity index (χ0) is 22.6. The number of halogens is 4. The lowest BCUT2D eigenvalue weighted by atomic mass is 9.96. The highest BCUT2D eigenvalue weighted by Crippen LogP contribution is 2.36. The van der Waals surface area contributed by atoms with Crippen molar-refractivity contribution in [3.8, 4) is 5.75 Å². The number of hydrogen-bond acceptors (Lipinski definition) is 3. The number of nitrogens with one attached hydrogen (secondary N) is 2. The van der Waals surface area contributed by atoms with Crippen LogP contribution in [0.25, 0.3) is 0 Å². The minimum Gasteiger partial charge on any atom is -0.495 e. The highest BCUT2D eigenvalue weighted by Gasteiger charge is 2.34. The van der Waals surface area contributed by atoms with E-state index in [1.54, 1.807) is 24.3 Å². The standard InChI is InChI=1S/C21H21ClF3N3O3/c1-31-18-5-3-2-4-17(18)27-19(29)13-8-10-28(11-9-13)20(30)26-14-6-7-16(22)15(12-14)21(23,24)25/h2-7,12-13H,8-11H2,1H3,(H,26,30)(H,27,29). The van der Waals surface area contributed by atoms with E-state index in [-0.39, 0.29) is 17.5 Å². The summed E-state index contributed by atoms with van der Waals surface area (Å²) in [5.41, 5.74) is -0.449. The quantitative estimate of drug-likeness (QED) is 0.661. The number of rotatable bonds is 4. The number of amides is 3. The molecule has 0 aromatic heterocycles. The SMILES string of the molecule is COc1ccccc1NC(=O)C1CCN(C(=O)Nc2ccc(Cl)c(C(F)(F)F)c2)CC1. The number of para-hydroxylation sites is 2. The maximum Gasteiger partial charge on any atom is 0.417 e. The number of alkyl halides is 3. The third kappa shape index (κ3) is 5.61. The van der Waals surface area contributed by atoms with Gasteiger partial charge in [0.2, 0.25) is 5.91 Å². The summed E-state index contributed by atoms with van der Waals surface area (Å²) in [6.07, 6.45) is -3.75. The average Bonchev–Trinajstić information content (AvgIpc) is 2.74. The molecule has 0 bridgehead atoms. The number of urea groups is 1. The maximum atomic E-state index is 13.0. The molecule has 3 amide bonds. The highest BCUT2D eigenvalue weighted by atomic mass is 35.5. The molecule has 1 fully saturated rings. The van der Waals surface area contributed by atoms with Crippen molar-refractivity contribution >= 4 is 34.9 Å². The normalized spacial score (nSPS) is 14.8. The second kappa shape index (κ2) is 9.47. The Morgan fingerprint density at radius 1 is 1.10 bits per heavy atom. The van der Waals surface area contributed by atoms with Gasteiger partial charge in [0.1, 0.15) is 5.75 Å². The molecule has 2 aromatic rings. The Kier molecular flexibility index (Phi) is 6.94. The summed E-state index contributed by atoms with van der Waals surface area (Å²) in [4.78, 5) is 26.5. The minimum absolute atomic E-state index is 0.00207. The molecule has 2 aromatic carbocycles. The summed E-state index contributed by atoms with van der Waals surface area (Å²) in [7, 11) is 1.51. The molecule has 1 saturated heterocycles. The first kappa shape index (κ1) is 22.7. The number of carbonyl (C=O) groups excluding carboxylic acids is 2. The van der Waals surface area contributed by atoms with Gasteiger partial charge in [-0.15, -0.1) is 0 Å². The van der Waals surface area contributed by atoms with E-state index in [0.29, 0.717) is 37.4 Å². The number of benzene rings is 2. The van der Waals surface area contributed by atoms with Crippen LogP contribution >= 0.6 is 11.6 Å². The minimum atomic E-state index is -4.62. The number of piperidine rings is 1. The molecule has 1 aliphatic heterocycles. The molecule has 2 N–H and O–H groups in total. The fraction of sp³-hybridized carbons (Fsp3) is 0.333. The van der Waals surface area contributed by atoms with Crippen LogP contribution in [-0.4, -0.2) is 37.0 Å². The van der Waals surface area contributed by atoms with Crippen LogP contribution in [0.4, 0.5) is 29.3 Å². The van der Waals surface area contributed by atoms with E-state index in [1.807, 2.05) is 0 Å². The first-order valence-electron chi connectivity index (χ1n) is 9.55. The van der Waals surface area contributed by atoms with Crippen LogP contribution in [0.15, 0.2) is 42.5 Å². The molecule has 0 radical (unpaired) electrons. The molecule has 166 valence electrons. The van der Waals surface area contributed by atoms with Crippen LogP contribution in [-0.2, 0) is 11.0 Å². The van der Waals surface area contributed by atoms with Crippen LogP contribution < -0.4 is 15.4 Å². The van der Waals surface area contributed by atoms with Gasteiger partial charge < -0.3 is 20.3 Å². The van der Waals surface area contributed by atoms with Crippen LogP contribution in [0.3, 0.4) is 0 Å². The fourth-order valence-corrected chi connectivity index (χ4v) is 3.57. The first-order valence-corrected chi connectivity index (χ1v) is 9.93. The summed E-state index contributed by atoms with van der Waals surface area (Å²) in [6.45, 7) is 0.602. The summed E-state index contributed by atoms with van der Waals surface area (Å²) in [5, 5.41) is 4.86. The first-order chi connectivity index (χ1) is 14.7. The summed E-state index contributed by atoms with van der Waals surface area (Å²) in [5.74, 6) is 0.0901. The second-order valence-corrected chi connectivity index (χ2v) is 7.48. The molecular weight excluding hydrogens is 435 g/mol. The molecular formula is C21H21ClF3N3O3. The number of ether oxygens (including phenoxy) is 1. The lowest BCUT2D eigenvalue weighted by Crippen LogP contribution is -2.43. The van der Waals surface area contributed by atoms with Gasteiger partial charge in [-0.25, -0.2) is 4.79 Å². The van der Waals surface area contributed by atoms with E-state index in [9.17, 15) is 22.8 Å². The van der Waals surface area contributed by atoms with Gasteiger partial charge in [-0.3, -0.25) is 4.79 Å².